The minimum absolute atomic E-state index is 0. The fourth-order valence-corrected chi connectivity index (χ4v) is 3.40. The average Bonchev–Trinajstić information content (AvgIpc) is 2.99. The molecule has 2 heterocycles. The number of rotatable bonds is 6. The van der Waals surface area contributed by atoms with Crippen LogP contribution in [0.5, 0.6) is 0 Å². The van der Waals surface area contributed by atoms with Gasteiger partial charge in [-0.1, -0.05) is 0 Å². The summed E-state index contributed by atoms with van der Waals surface area (Å²) in [5.74, 6) is 1.38. The van der Waals surface area contributed by atoms with Gasteiger partial charge < -0.3 is 15.0 Å². The zero-order chi connectivity index (χ0) is 18.3. The van der Waals surface area contributed by atoms with E-state index in [1.54, 1.807) is 7.05 Å². The van der Waals surface area contributed by atoms with Crippen LogP contribution in [0.4, 0.5) is 13.2 Å². The summed E-state index contributed by atoms with van der Waals surface area (Å²) in [6, 6.07) is 0. The van der Waals surface area contributed by atoms with Gasteiger partial charge in [0.25, 0.3) is 0 Å². The first-order valence-electron chi connectivity index (χ1n) is 8.88. The van der Waals surface area contributed by atoms with Crippen molar-refractivity contribution in [3.63, 3.8) is 0 Å². The van der Waals surface area contributed by atoms with Crippen LogP contribution in [0.15, 0.2) is 4.99 Å². The van der Waals surface area contributed by atoms with Gasteiger partial charge in [-0.25, -0.2) is 0 Å². The Balaban J connectivity index is 0.00000338. The van der Waals surface area contributed by atoms with E-state index >= 15 is 0 Å². The molecule has 2 aliphatic heterocycles. The van der Waals surface area contributed by atoms with Crippen LogP contribution < -0.4 is 5.32 Å². The van der Waals surface area contributed by atoms with E-state index in [1.807, 2.05) is 0 Å². The molecule has 0 saturated carbocycles. The van der Waals surface area contributed by atoms with E-state index in [0.717, 1.165) is 58.3 Å². The van der Waals surface area contributed by atoms with Crippen LogP contribution >= 0.6 is 24.0 Å². The van der Waals surface area contributed by atoms with E-state index in [2.05, 4.69) is 20.1 Å². The van der Waals surface area contributed by atoms with E-state index in [-0.39, 0.29) is 24.0 Å². The number of nitrogens with one attached hydrogen (secondary N) is 1. The normalized spacial score (nSPS) is 22.6. The summed E-state index contributed by atoms with van der Waals surface area (Å²) in [7, 11) is 3.20. The molecular weight excluding hydrogens is 462 g/mol. The van der Waals surface area contributed by atoms with Crippen LogP contribution in [-0.4, -0.2) is 107 Å². The number of halogens is 4. The molecule has 0 aromatic rings. The molecule has 2 fully saturated rings. The topological polar surface area (TPSA) is 43.3 Å². The van der Waals surface area contributed by atoms with Crippen LogP contribution in [0.2, 0.25) is 0 Å². The van der Waals surface area contributed by atoms with Crippen LogP contribution in [0.3, 0.4) is 0 Å². The second-order valence-corrected chi connectivity index (χ2v) is 6.84. The second kappa shape index (κ2) is 11.5. The molecule has 0 aromatic heterocycles. The van der Waals surface area contributed by atoms with Crippen molar-refractivity contribution in [3.05, 3.63) is 0 Å². The average molecular weight is 493 g/mol. The smallest absolute Gasteiger partial charge is 0.379 e. The lowest BCUT2D eigenvalue weighted by Gasteiger charge is -2.29. The van der Waals surface area contributed by atoms with Gasteiger partial charge in [0.05, 0.1) is 19.8 Å². The molecule has 0 aliphatic carbocycles. The van der Waals surface area contributed by atoms with Crippen molar-refractivity contribution in [2.24, 2.45) is 10.9 Å². The van der Waals surface area contributed by atoms with Crippen molar-refractivity contribution in [2.45, 2.75) is 12.6 Å². The lowest BCUT2D eigenvalue weighted by molar-refractivity contribution is -0.142. The molecule has 154 valence electrons. The molecule has 0 aromatic carbocycles. The highest BCUT2D eigenvalue weighted by Crippen LogP contribution is 2.18. The highest BCUT2D eigenvalue weighted by molar-refractivity contribution is 14.0. The van der Waals surface area contributed by atoms with Crippen molar-refractivity contribution in [1.82, 2.24) is 20.0 Å². The monoisotopic (exact) mass is 493 g/mol. The Labute approximate surface area is 171 Å². The molecule has 26 heavy (non-hydrogen) atoms. The summed E-state index contributed by atoms with van der Waals surface area (Å²) < 4.78 is 42.4. The fourth-order valence-electron chi connectivity index (χ4n) is 3.40. The summed E-state index contributed by atoms with van der Waals surface area (Å²) in [4.78, 5) is 10.2. The van der Waals surface area contributed by atoms with Gasteiger partial charge in [-0.15, -0.1) is 24.0 Å². The Bertz CT molecular complexity index is 433. The first-order valence-corrected chi connectivity index (χ1v) is 8.88. The molecule has 0 radical (unpaired) electrons. The summed E-state index contributed by atoms with van der Waals surface area (Å²) >= 11 is 0. The van der Waals surface area contributed by atoms with E-state index in [1.165, 1.54) is 11.9 Å². The van der Waals surface area contributed by atoms with E-state index in [0.29, 0.717) is 19.0 Å². The van der Waals surface area contributed by atoms with Gasteiger partial charge in [-0.05, 0) is 19.4 Å². The third-order valence-corrected chi connectivity index (χ3v) is 4.64. The Morgan fingerprint density at radius 2 is 1.96 bits per heavy atom. The Morgan fingerprint density at radius 1 is 1.27 bits per heavy atom. The second-order valence-electron chi connectivity index (χ2n) is 6.84. The number of hydrogen-bond donors (Lipinski definition) is 1. The van der Waals surface area contributed by atoms with Crippen molar-refractivity contribution >= 4 is 29.9 Å². The zero-order valence-electron chi connectivity index (χ0n) is 15.6. The standard InChI is InChI=1S/C16H30F3N5O.HI/c1-20-15(21-4-6-22(2)13-16(17,18)19)24-5-3-14(12-24)11-23-7-9-25-10-8-23;/h14H,3-13H2,1-2H3,(H,20,21);1H. The number of likely N-dealkylation sites (tertiary alicyclic amines) is 1. The third-order valence-electron chi connectivity index (χ3n) is 4.64. The van der Waals surface area contributed by atoms with Crippen LogP contribution in [0.1, 0.15) is 6.42 Å². The van der Waals surface area contributed by atoms with Crippen molar-refractivity contribution in [3.8, 4) is 0 Å². The number of ether oxygens (including phenoxy) is 1. The molecule has 10 heteroatoms. The van der Waals surface area contributed by atoms with E-state index < -0.39 is 12.7 Å². The predicted octanol–water partition coefficient (Wildman–Crippen LogP) is 1.33. The molecule has 2 aliphatic rings. The number of nitrogens with zero attached hydrogens (tertiary/aromatic N) is 4. The van der Waals surface area contributed by atoms with Gasteiger partial charge in [-0.3, -0.25) is 14.8 Å². The molecule has 0 amide bonds. The van der Waals surface area contributed by atoms with Crippen LogP contribution in [0.25, 0.3) is 0 Å². The minimum atomic E-state index is -4.15. The molecule has 1 unspecified atom stereocenters. The summed E-state index contributed by atoms with van der Waals surface area (Å²) in [6.45, 7) is 6.44. The predicted molar refractivity (Wildman–Crippen MR) is 107 cm³/mol. The summed E-state index contributed by atoms with van der Waals surface area (Å²) in [5, 5.41) is 3.19. The quantitative estimate of drug-likeness (QED) is 0.344. The number of alkyl halides is 3. The van der Waals surface area contributed by atoms with Gasteiger partial charge in [0.2, 0.25) is 0 Å². The van der Waals surface area contributed by atoms with Gasteiger partial charge >= 0.3 is 6.18 Å². The molecular formula is C16H31F3IN5O. The fraction of sp³-hybridized carbons (Fsp3) is 0.938. The minimum Gasteiger partial charge on any atom is -0.379 e. The van der Waals surface area contributed by atoms with Crippen molar-refractivity contribution < 1.29 is 17.9 Å². The van der Waals surface area contributed by atoms with Crippen molar-refractivity contribution in [1.29, 1.82) is 0 Å². The highest BCUT2D eigenvalue weighted by atomic mass is 127. The number of guanidine groups is 1. The van der Waals surface area contributed by atoms with Crippen molar-refractivity contribution in [2.75, 3.05) is 79.7 Å². The number of morpholine rings is 1. The number of hydrogen-bond acceptors (Lipinski definition) is 4. The van der Waals surface area contributed by atoms with Gasteiger partial charge in [0.15, 0.2) is 5.96 Å². The van der Waals surface area contributed by atoms with Gasteiger partial charge in [0, 0.05) is 52.9 Å². The Hall–Kier alpha value is -0.330. The van der Waals surface area contributed by atoms with Gasteiger partial charge in [0.1, 0.15) is 0 Å². The first kappa shape index (κ1) is 23.7. The summed E-state index contributed by atoms with van der Waals surface area (Å²) in [5.41, 5.74) is 0. The highest BCUT2D eigenvalue weighted by Gasteiger charge is 2.29. The molecule has 0 spiro atoms. The molecule has 0 bridgehead atoms. The summed E-state index contributed by atoms with van der Waals surface area (Å²) in [6.07, 6.45) is -3.04. The van der Waals surface area contributed by atoms with Crippen LogP contribution in [0, 0.1) is 5.92 Å². The third kappa shape index (κ3) is 8.57. The maximum Gasteiger partial charge on any atom is 0.401 e. The van der Waals surface area contributed by atoms with E-state index in [4.69, 9.17) is 4.74 Å². The number of aliphatic imine (C=N–C) groups is 1. The molecule has 2 rings (SSSR count). The molecule has 2 saturated heterocycles. The number of likely N-dealkylation sites (N-methyl/N-ethyl adjacent to an activating group) is 1. The Kier molecular flexibility index (Phi) is 10.5. The lowest BCUT2D eigenvalue weighted by Crippen LogP contribution is -2.44. The molecule has 6 nitrogen and oxygen atoms in total. The lowest BCUT2D eigenvalue weighted by atomic mass is 10.1. The maximum atomic E-state index is 12.3. The molecule has 1 N–H and O–H groups in total. The maximum absolute atomic E-state index is 12.3. The SMILES string of the molecule is CN=C(NCCN(C)CC(F)(F)F)N1CCC(CN2CCOCC2)C1.I. The molecule has 1 atom stereocenters. The van der Waals surface area contributed by atoms with Gasteiger partial charge in [-0.2, -0.15) is 13.2 Å². The van der Waals surface area contributed by atoms with E-state index in [9.17, 15) is 13.2 Å². The van der Waals surface area contributed by atoms with Crippen LogP contribution in [-0.2, 0) is 4.74 Å². The first-order chi connectivity index (χ1) is 11.9. The zero-order valence-corrected chi connectivity index (χ0v) is 17.9. The largest absolute Gasteiger partial charge is 0.401 e. The Morgan fingerprint density at radius 3 is 2.58 bits per heavy atom.